The Balaban J connectivity index is 2.34. The molecule has 0 aliphatic rings. The number of nitrogens with zero attached hydrogens (tertiary/aromatic N) is 1. The molecule has 0 unspecified atom stereocenters. The summed E-state index contributed by atoms with van der Waals surface area (Å²) in [6.07, 6.45) is -2.05. The van der Waals surface area contributed by atoms with Crippen molar-refractivity contribution < 1.29 is 14.1 Å². The SMILES string of the molecule is O=P(Cl)(Cl)OOc1cccc2ncccc12. The van der Waals surface area contributed by atoms with E-state index in [9.17, 15) is 4.57 Å². The first-order valence-electron chi connectivity index (χ1n) is 4.26. The van der Waals surface area contributed by atoms with Crippen molar-refractivity contribution >= 4 is 39.5 Å². The number of halogens is 2. The highest BCUT2D eigenvalue weighted by Crippen LogP contribution is 2.57. The molecule has 0 spiro atoms. The predicted molar refractivity (Wildman–Crippen MR) is 62.8 cm³/mol. The third kappa shape index (κ3) is 2.86. The Morgan fingerprint density at radius 2 is 2.00 bits per heavy atom. The van der Waals surface area contributed by atoms with Crippen molar-refractivity contribution in [3.8, 4) is 5.75 Å². The second kappa shape index (κ2) is 4.60. The summed E-state index contributed by atoms with van der Waals surface area (Å²) in [4.78, 5) is 8.93. The van der Waals surface area contributed by atoms with E-state index < -0.39 is 6.07 Å². The summed E-state index contributed by atoms with van der Waals surface area (Å²) in [5.41, 5.74) is 0.725. The zero-order chi connectivity index (χ0) is 11.6. The molecule has 7 heteroatoms. The lowest BCUT2D eigenvalue weighted by atomic mass is 10.2. The monoisotopic (exact) mass is 277 g/mol. The minimum absolute atomic E-state index is 0.354. The summed E-state index contributed by atoms with van der Waals surface area (Å²) in [7, 11) is 0. The quantitative estimate of drug-likeness (QED) is 0.481. The summed E-state index contributed by atoms with van der Waals surface area (Å²) in [6, 6.07) is 8.70. The van der Waals surface area contributed by atoms with Crippen LogP contribution < -0.4 is 4.89 Å². The molecule has 1 heterocycles. The molecule has 0 saturated heterocycles. The van der Waals surface area contributed by atoms with Gasteiger partial charge in [-0.15, -0.1) is 0 Å². The van der Waals surface area contributed by atoms with E-state index in [0.29, 0.717) is 11.1 Å². The van der Waals surface area contributed by atoms with Crippen LogP contribution in [0.4, 0.5) is 0 Å². The minimum Gasteiger partial charge on any atom is -0.328 e. The Hall–Kier alpha value is -0.800. The number of rotatable bonds is 3. The molecule has 0 fully saturated rings. The molecule has 4 nitrogen and oxygen atoms in total. The lowest BCUT2D eigenvalue weighted by Gasteiger charge is -2.06. The summed E-state index contributed by atoms with van der Waals surface area (Å²) < 4.78 is 15.3. The van der Waals surface area contributed by atoms with Gasteiger partial charge in [-0.1, -0.05) is 10.7 Å². The molecule has 0 aliphatic heterocycles. The highest BCUT2D eigenvalue weighted by molar-refractivity contribution is 8.05. The summed E-state index contributed by atoms with van der Waals surface area (Å²) in [6.45, 7) is 0. The fourth-order valence-electron chi connectivity index (χ4n) is 1.23. The van der Waals surface area contributed by atoms with Crippen molar-refractivity contribution in [1.29, 1.82) is 0 Å². The zero-order valence-electron chi connectivity index (χ0n) is 7.84. The smallest absolute Gasteiger partial charge is 0.328 e. The minimum atomic E-state index is -3.71. The molecule has 0 amide bonds. The average molecular weight is 278 g/mol. The number of aromatic nitrogens is 1. The molecule has 2 aromatic rings. The fourth-order valence-corrected chi connectivity index (χ4v) is 1.57. The first kappa shape index (κ1) is 11.7. The van der Waals surface area contributed by atoms with E-state index >= 15 is 0 Å². The highest BCUT2D eigenvalue weighted by Gasteiger charge is 2.17. The Morgan fingerprint density at radius 1 is 1.19 bits per heavy atom. The number of fused-ring (bicyclic) bond motifs is 1. The first-order valence-corrected chi connectivity index (χ1v) is 7.69. The number of pyridine rings is 1. The summed E-state index contributed by atoms with van der Waals surface area (Å²) in [5.74, 6) is 0.354. The van der Waals surface area contributed by atoms with Crippen molar-refractivity contribution in [1.82, 2.24) is 4.98 Å². The van der Waals surface area contributed by atoms with Gasteiger partial charge in [0.25, 0.3) is 0 Å². The van der Waals surface area contributed by atoms with Crippen molar-refractivity contribution in [2.24, 2.45) is 0 Å². The molecule has 1 aromatic heterocycles. The standard InChI is InChI=1S/C9H6Cl2NO3P/c10-16(11,13)15-14-9-5-1-4-8-7(9)3-2-6-12-8/h1-6H. The maximum Gasteiger partial charge on any atom is 0.417 e. The maximum absolute atomic E-state index is 10.9. The molecule has 2 rings (SSSR count). The van der Waals surface area contributed by atoms with Gasteiger partial charge in [-0.2, -0.15) is 0 Å². The van der Waals surface area contributed by atoms with E-state index in [0.717, 1.165) is 5.52 Å². The van der Waals surface area contributed by atoms with Crippen molar-refractivity contribution in [3.05, 3.63) is 36.5 Å². The molecule has 0 radical (unpaired) electrons. The van der Waals surface area contributed by atoms with Gasteiger partial charge in [-0.25, -0.2) is 0 Å². The largest absolute Gasteiger partial charge is 0.417 e. The molecule has 16 heavy (non-hydrogen) atoms. The predicted octanol–water partition coefficient (Wildman–Crippen LogP) is 4.13. The highest BCUT2D eigenvalue weighted by atomic mass is 35.9. The van der Waals surface area contributed by atoms with E-state index in [1.165, 1.54) is 0 Å². The van der Waals surface area contributed by atoms with Crippen LogP contribution in [0.5, 0.6) is 5.75 Å². The van der Waals surface area contributed by atoms with E-state index in [4.69, 9.17) is 27.4 Å². The van der Waals surface area contributed by atoms with Gasteiger partial charge < -0.3 is 4.89 Å². The Bertz CT molecular complexity index is 552. The van der Waals surface area contributed by atoms with Crippen LogP contribution in [-0.2, 0) is 9.24 Å². The lowest BCUT2D eigenvalue weighted by molar-refractivity contribution is -0.0891. The summed E-state index contributed by atoms with van der Waals surface area (Å²) >= 11 is 10.4. The Kier molecular flexibility index (Phi) is 3.36. The molecule has 0 bridgehead atoms. The molecule has 0 atom stereocenters. The van der Waals surface area contributed by atoms with Crippen molar-refractivity contribution in [3.63, 3.8) is 0 Å². The van der Waals surface area contributed by atoms with Crippen LogP contribution in [0.2, 0.25) is 0 Å². The van der Waals surface area contributed by atoms with Crippen molar-refractivity contribution in [2.45, 2.75) is 0 Å². The van der Waals surface area contributed by atoms with Gasteiger partial charge in [0, 0.05) is 11.6 Å². The van der Waals surface area contributed by atoms with Gasteiger partial charge in [0.2, 0.25) is 0 Å². The van der Waals surface area contributed by atoms with Gasteiger partial charge >= 0.3 is 6.07 Å². The van der Waals surface area contributed by atoms with Crippen LogP contribution in [-0.4, -0.2) is 4.98 Å². The van der Waals surface area contributed by atoms with Crippen LogP contribution in [0, 0.1) is 0 Å². The van der Waals surface area contributed by atoms with Gasteiger partial charge in [0.15, 0.2) is 5.75 Å². The second-order valence-electron chi connectivity index (χ2n) is 2.90. The van der Waals surface area contributed by atoms with Gasteiger partial charge in [0.1, 0.15) is 0 Å². The maximum atomic E-state index is 10.9. The molecule has 0 aliphatic carbocycles. The number of hydrogen-bond acceptors (Lipinski definition) is 4. The number of benzene rings is 1. The average Bonchev–Trinajstić information content (AvgIpc) is 2.25. The van der Waals surface area contributed by atoms with Crippen LogP contribution in [0.15, 0.2) is 36.5 Å². The zero-order valence-corrected chi connectivity index (χ0v) is 10.2. The Labute approximate surface area is 101 Å². The van der Waals surface area contributed by atoms with Crippen LogP contribution in [0.25, 0.3) is 10.9 Å². The van der Waals surface area contributed by atoms with Crippen LogP contribution >= 0.6 is 28.6 Å². The third-order valence-corrected chi connectivity index (χ3v) is 2.41. The normalized spacial score (nSPS) is 11.6. The van der Waals surface area contributed by atoms with Crippen molar-refractivity contribution in [2.75, 3.05) is 0 Å². The third-order valence-electron chi connectivity index (χ3n) is 1.82. The van der Waals surface area contributed by atoms with Gasteiger partial charge in [-0.05, 0) is 46.7 Å². The summed E-state index contributed by atoms with van der Waals surface area (Å²) in [5, 5.41) is 0.715. The van der Waals surface area contributed by atoms with E-state index in [-0.39, 0.29) is 0 Å². The lowest BCUT2D eigenvalue weighted by Crippen LogP contribution is -1.91. The molecule has 1 aromatic carbocycles. The van der Waals surface area contributed by atoms with E-state index in [1.54, 1.807) is 30.5 Å². The molecule has 0 N–H and O–H groups in total. The fraction of sp³-hybridized carbons (Fsp3) is 0. The second-order valence-corrected chi connectivity index (χ2v) is 7.07. The molecular formula is C9H6Cl2NO3P. The molecule has 0 saturated carbocycles. The van der Waals surface area contributed by atoms with E-state index in [1.807, 2.05) is 6.07 Å². The topological polar surface area (TPSA) is 48.4 Å². The van der Waals surface area contributed by atoms with E-state index in [2.05, 4.69) is 9.66 Å². The van der Waals surface area contributed by atoms with Gasteiger partial charge in [0.05, 0.1) is 5.52 Å². The first-order chi connectivity index (χ1) is 7.56. The van der Waals surface area contributed by atoms with Crippen LogP contribution in [0.3, 0.4) is 0 Å². The Morgan fingerprint density at radius 3 is 2.75 bits per heavy atom. The number of hydrogen-bond donors (Lipinski definition) is 0. The molecule has 84 valence electrons. The molecular weight excluding hydrogens is 272 g/mol. The van der Waals surface area contributed by atoms with Gasteiger partial charge in [-0.3, -0.25) is 9.55 Å². The van der Waals surface area contributed by atoms with Crippen LogP contribution in [0.1, 0.15) is 0 Å².